The van der Waals surface area contributed by atoms with Crippen LogP contribution in [0.5, 0.6) is 0 Å². The minimum atomic E-state index is -3.41. The number of pyridine rings is 1. The highest BCUT2D eigenvalue weighted by molar-refractivity contribution is 7.89. The van der Waals surface area contributed by atoms with Gasteiger partial charge in [-0.3, -0.25) is 9.69 Å². The molecule has 2 rings (SSSR count). The van der Waals surface area contributed by atoms with Crippen LogP contribution in [0.25, 0.3) is 0 Å². The Labute approximate surface area is 99.7 Å². The van der Waals surface area contributed by atoms with E-state index in [0.29, 0.717) is 19.6 Å². The Morgan fingerprint density at radius 1 is 1.47 bits per heavy atom. The Kier molecular flexibility index (Phi) is 3.07. The molecular weight excluding hydrogens is 242 g/mol. The van der Waals surface area contributed by atoms with Crippen LogP contribution < -0.4 is 10.7 Å². The predicted octanol–water partition coefficient (Wildman–Crippen LogP) is -1.14. The van der Waals surface area contributed by atoms with E-state index >= 15 is 0 Å². The van der Waals surface area contributed by atoms with Crippen molar-refractivity contribution >= 4 is 10.0 Å². The maximum Gasteiger partial charge on any atom is 0.250 e. The number of aryl methyl sites for hydroxylation is 1. The van der Waals surface area contributed by atoms with Crippen LogP contribution in [0.15, 0.2) is 23.1 Å². The largest absolute Gasteiger partial charge is 0.319 e. The van der Waals surface area contributed by atoms with Crippen molar-refractivity contribution in [2.24, 2.45) is 12.2 Å². The smallest absolute Gasteiger partial charge is 0.250 e. The van der Waals surface area contributed by atoms with Crippen LogP contribution in [0.1, 0.15) is 5.56 Å². The Morgan fingerprint density at radius 2 is 2.12 bits per heavy atom. The van der Waals surface area contributed by atoms with Crippen molar-refractivity contribution < 1.29 is 8.42 Å². The van der Waals surface area contributed by atoms with E-state index in [2.05, 4.69) is 0 Å². The van der Waals surface area contributed by atoms with Gasteiger partial charge in [0.15, 0.2) is 0 Å². The minimum absolute atomic E-state index is 0.0639. The summed E-state index contributed by atoms with van der Waals surface area (Å²) in [6.45, 7) is 1.46. The van der Waals surface area contributed by atoms with Crippen LogP contribution in [0.2, 0.25) is 0 Å². The lowest BCUT2D eigenvalue weighted by molar-refractivity contribution is 0.176. The number of aromatic nitrogens is 1. The fraction of sp³-hybridized carbons (Fsp3) is 0.500. The molecule has 2 heterocycles. The molecule has 6 nitrogen and oxygen atoms in total. The first-order valence-electron chi connectivity index (χ1n) is 5.26. The van der Waals surface area contributed by atoms with Gasteiger partial charge in [0.2, 0.25) is 10.0 Å². The van der Waals surface area contributed by atoms with Gasteiger partial charge < -0.3 is 4.57 Å². The van der Waals surface area contributed by atoms with Crippen LogP contribution in [0.4, 0.5) is 0 Å². The van der Waals surface area contributed by atoms with Crippen molar-refractivity contribution in [3.8, 4) is 0 Å². The van der Waals surface area contributed by atoms with Gasteiger partial charge >= 0.3 is 0 Å². The third-order valence-electron chi connectivity index (χ3n) is 2.96. The van der Waals surface area contributed by atoms with Crippen LogP contribution >= 0.6 is 0 Å². The molecule has 1 aliphatic rings. The molecular formula is C10H15N3O3S. The molecule has 0 unspecified atom stereocenters. The lowest BCUT2D eigenvalue weighted by Gasteiger charge is -2.37. The van der Waals surface area contributed by atoms with Crippen molar-refractivity contribution in [3.05, 3.63) is 34.2 Å². The monoisotopic (exact) mass is 257 g/mol. The van der Waals surface area contributed by atoms with Crippen molar-refractivity contribution in [1.82, 2.24) is 9.47 Å². The van der Waals surface area contributed by atoms with Crippen LogP contribution in [-0.2, 0) is 23.6 Å². The molecule has 0 aromatic carbocycles. The zero-order chi connectivity index (χ0) is 12.6. The van der Waals surface area contributed by atoms with Gasteiger partial charge in [-0.1, -0.05) is 0 Å². The van der Waals surface area contributed by atoms with Gasteiger partial charge in [0.1, 0.15) is 5.25 Å². The summed E-state index contributed by atoms with van der Waals surface area (Å²) in [7, 11) is -1.73. The quantitative estimate of drug-likeness (QED) is 0.741. The summed E-state index contributed by atoms with van der Waals surface area (Å²) in [6.07, 6.45) is 1.70. The molecule has 1 aliphatic heterocycles. The van der Waals surface area contributed by atoms with Crippen LogP contribution in [-0.4, -0.2) is 36.2 Å². The third kappa shape index (κ3) is 2.74. The Balaban J connectivity index is 1.96. The fourth-order valence-electron chi connectivity index (χ4n) is 1.81. The summed E-state index contributed by atoms with van der Waals surface area (Å²) in [5.74, 6) is 0. The molecule has 1 aromatic heterocycles. The summed E-state index contributed by atoms with van der Waals surface area (Å²) in [6, 6.07) is 3.41. The van der Waals surface area contributed by atoms with Gasteiger partial charge in [-0.2, -0.15) is 0 Å². The van der Waals surface area contributed by atoms with Crippen molar-refractivity contribution in [2.75, 3.05) is 13.1 Å². The number of primary sulfonamides is 1. The summed E-state index contributed by atoms with van der Waals surface area (Å²) >= 11 is 0. The van der Waals surface area contributed by atoms with E-state index in [1.165, 1.54) is 4.57 Å². The maximum atomic E-state index is 11.4. The van der Waals surface area contributed by atoms with E-state index < -0.39 is 15.3 Å². The molecule has 0 radical (unpaired) electrons. The second-order valence-corrected chi connectivity index (χ2v) is 6.23. The maximum absolute atomic E-state index is 11.4. The van der Waals surface area contributed by atoms with E-state index in [1.807, 2.05) is 11.0 Å². The highest BCUT2D eigenvalue weighted by atomic mass is 32.2. The van der Waals surface area contributed by atoms with Gasteiger partial charge in [-0.05, 0) is 11.6 Å². The molecule has 1 aromatic rings. The number of rotatable bonds is 3. The molecule has 0 atom stereocenters. The van der Waals surface area contributed by atoms with E-state index in [9.17, 15) is 13.2 Å². The van der Waals surface area contributed by atoms with Gasteiger partial charge in [0.25, 0.3) is 5.56 Å². The number of nitrogens with zero attached hydrogens (tertiary/aromatic N) is 2. The standard InChI is InChI=1S/C10H15N3O3S/c1-12-3-2-8(4-10(12)14)5-13-6-9(7-13)17(11,15)16/h2-4,9H,5-7H2,1H3,(H2,11,15,16). The van der Waals surface area contributed by atoms with E-state index in [0.717, 1.165) is 5.56 Å². The topological polar surface area (TPSA) is 85.4 Å². The van der Waals surface area contributed by atoms with E-state index in [1.54, 1.807) is 19.3 Å². The zero-order valence-corrected chi connectivity index (χ0v) is 10.4. The normalized spacial score (nSPS) is 18.0. The number of sulfonamides is 1. The van der Waals surface area contributed by atoms with Crippen molar-refractivity contribution in [3.63, 3.8) is 0 Å². The van der Waals surface area contributed by atoms with Crippen LogP contribution in [0, 0.1) is 0 Å². The second-order valence-electron chi connectivity index (χ2n) is 4.39. The van der Waals surface area contributed by atoms with E-state index in [-0.39, 0.29) is 5.56 Å². The molecule has 0 spiro atoms. The SMILES string of the molecule is Cn1ccc(CN2CC(S(N)(=O)=O)C2)cc1=O. The summed E-state index contributed by atoms with van der Waals surface area (Å²) in [5.41, 5.74) is 0.826. The number of likely N-dealkylation sites (tertiary alicyclic amines) is 1. The van der Waals surface area contributed by atoms with Gasteiger partial charge in [-0.15, -0.1) is 0 Å². The first-order valence-corrected chi connectivity index (χ1v) is 6.87. The third-order valence-corrected chi connectivity index (χ3v) is 4.19. The van der Waals surface area contributed by atoms with Gasteiger partial charge in [0.05, 0.1) is 0 Å². The molecule has 0 aliphatic carbocycles. The number of hydrogen-bond donors (Lipinski definition) is 1. The predicted molar refractivity (Wildman–Crippen MR) is 63.9 cm³/mol. The molecule has 0 saturated carbocycles. The molecule has 17 heavy (non-hydrogen) atoms. The molecule has 1 saturated heterocycles. The first-order chi connectivity index (χ1) is 7.86. The summed E-state index contributed by atoms with van der Waals surface area (Å²) < 4.78 is 23.5. The highest BCUT2D eigenvalue weighted by Crippen LogP contribution is 2.16. The Hall–Kier alpha value is -1.18. The van der Waals surface area contributed by atoms with Crippen molar-refractivity contribution in [1.29, 1.82) is 0 Å². The van der Waals surface area contributed by atoms with Gasteiger partial charge in [0, 0.05) is 38.9 Å². The Morgan fingerprint density at radius 3 is 2.65 bits per heavy atom. The average Bonchev–Trinajstić information content (AvgIpc) is 2.14. The van der Waals surface area contributed by atoms with Crippen LogP contribution in [0.3, 0.4) is 0 Å². The molecule has 1 fully saturated rings. The first kappa shape index (κ1) is 12.3. The number of nitrogens with two attached hydrogens (primary N) is 1. The fourth-order valence-corrected chi connectivity index (χ4v) is 2.64. The second kappa shape index (κ2) is 4.25. The minimum Gasteiger partial charge on any atom is -0.319 e. The molecule has 0 bridgehead atoms. The van der Waals surface area contributed by atoms with Gasteiger partial charge in [-0.25, -0.2) is 13.6 Å². The lowest BCUT2D eigenvalue weighted by atomic mass is 10.1. The zero-order valence-electron chi connectivity index (χ0n) is 9.54. The summed E-state index contributed by atoms with van der Waals surface area (Å²) in [4.78, 5) is 13.3. The summed E-state index contributed by atoms with van der Waals surface area (Å²) in [5, 5.41) is 4.57. The molecule has 0 amide bonds. The van der Waals surface area contributed by atoms with E-state index in [4.69, 9.17) is 5.14 Å². The lowest BCUT2D eigenvalue weighted by Crippen LogP contribution is -2.55. The molecule has 7 heteroatoms. The Bertz CT molecular complexity index is 573. The van der Waals surface area contributed by atoms with Crippen molar-refractivity contribution in [2.45, 2.75) is 11.8 Å². The highest BCUT2D eigenvalue weighted by Gasteiger charge is 2.34. The molecule has 94 valence electrons. The molecule has 2 N–H and O–H groups in total. The number of hydrogen-bond acceptors (Lipinski definition) is 4. The average molecular weight is 257 g/mol.